The molecule has 0 fully saturated rings. The van der Waals surface area contributed by atoms with Gasteiger partial charge in [0.25, 0.3) is 5.56 Å². The lowest BCUT2D eigenvalue weighted by atomic mass is 9.97. The Hall–Kier alpha value is -4.69. The van der Waals surface area contributed by atoms with Crippen LogP contribution in [0.2, 0.25) is 5.02 Å². The number of pyridine rings is 1. The zero-order chi connectivity index (χ0) is 34.2. The number of hydrogen-bond acceptors (Lipinski definition) is 5. The van der Waals surface area contributed by atoms with Crippen molar-refractivity contribution in [2.24, 2.45) is 0 Å². The minimum absolute atomic E-state index is 0.0125. The lowest BCUT2D eigenvalue weighted by Crippen LogP contribution is -2.34. The first kappa shape index (κ1) is 19.4. The summed E-state index contributed by atoms with van der Waals surface area (Å²) in [5.74, 6) is -2.88. The van der Waals surface area contributed by atoms with Crippen LogP contribution >= 0.6 is 11.6 Å². The number of ketones is 1. The van der Waals surface area contributed by atoms with Gasteiger partial charge in [0.15, 0.2) is 5.78 Å². The summed E-state index contributed by atoms with van der Waals surface area (Å²) in [6, 6.07) is 3.58. The molecule has 39 heavy (non-hydrogen) atoms. The number of Topliss-reactive ketones (excluding diaryl/α,β-unsaturated/α-hetero) is 1. The Morgan fingerprint density at radius 3 is 2.38 bits per heavy atom. The maximum Gasteiger partial charge on any atom is 0.335 e. The number of anilines is 1. The fraction of sp³-hybridized carbons (Fsp3) is 0.133. The van der Waals surface area contributed by atoms with Crippen molar-refractivity contribution in [1.29, 1.82) is 0 Å². The highest BCUT2D eigenvalue weighted by Crippen LogP contribution is 2.34. The number of amides is 1. The smallest absolute Gasteiger partial charge is 0.335 e. The zero-order valence-electron chi connectivity index (χ0n) is 27.6. The summed E-state index contributed by atoms with van der Waals surface area (Å²) in [6.45, 7) is 1.30. The van der Waals surface area contributed by atoms with Crippen LogP contribution in [0.1, 0.15) is 48.8 Å². The molecule has 1 atom stereocenters. The molecule has 0 spiro atoms. The Morgan fingerprint density at radius 1 is 1.08 bits per heavy atom. The van der Waals surface area contributed by atoms with E-state index in [1.54, 1.807) is 0 Å². The van der Waals surface area contributed by atoms with E-state index in [2.05, 4.69) is 5.32 Å². The molecule has 1 heterocycles. The molecule has 1 aromatic heterocycles. The minimum atomic E-state index is -3.14. The number of halogens is 1. The van der Waals surface area contributed by atoms with Gasteiger partial charge in [0, 0.05) is 37.0 Å². The number of carboxylic acids is 1. The van der Waals surface area contributed by atoms with Crippen molar-refractivity contribution in [3.8, 4) is 16.9 Å². The van der Waals surface area contributed by atoms with E-state index >= 15 is 0 Å². The molecule has 0 radical (unpaired) electrons. The van der Waals surface area contributed by atoms with Crippen LogP contribution in [-0.4, -0.2) is 34.4 Å². The number of methoxy groups -OCH3 is 1. The molecular formula is C30H25ClN2O6. The third-order valence-corrected chi connectivity index (χ3v) is 5.86. The van der Waals surface area contributed by atoms with Crippen molar-refractivity contribution in [1.82, 2.24) is 4.57 Å². The number of nitrogens with one attached hydrogen (secondary N) is 1. The quantitative estimate of drug-likeness (QED) is 0.265. The summed E-state index contributed by atoms with van der Waals surface area (Å²) in [7, 11) is 1.23. The second kappa shape index (κ2) is 11.8. The molecule has 8 nitrogen and oxygen atoms in total. The normalized spacial score (nSPS) is 14.4. The monoisotopic (exact) mass is 551 g/mol. The Bertz CT molecular complexity index is 1940. The Morgan fingerprint density at radius 2 is 1.77 bits per heavy atom. The maximum absolute atomic E-state index is 13.9. The van der Waals surface area contributed by atoms with E-state index in [0.717, 1.165) is 12.3 Å². The number of carbonyl (C=O) groups is 3. The number of carboxylic acid groups (broad SMARTS) is 1. The van der Waals surface area contributed by atoms with Gasteiger partial charge in [-0.3, -0.25) is 19.0 Å². The molecule has 0 saturated heterocycles. The van der Waals surface area contributed by atoms with Crippen LogP contribution in [0.5, 0.6) is 5.75 Å². The molecule has 3 aromatic carbocycles. The van der Waals surface area contributed by atoms with Crippen molar-refractivity contribution < 1.29 is 33.8 Å². The molecule has 2 N–H and O–H groups in total. The summed E-state index contributed by atoms with van der Waals surface area (Å²) < 4.78 is 65.0. The molecule has 9 heteroatoms. The van der Waals surface area contributed by atoms with E-state index in [1.807, 2.05) is 0 Å². The van der Waals surface area contributed by atoms with E-state index in [-0.39, 0.29) is 44.5 Å². The van der Waals surface area contributed by atoms with E-state index < -0.39 is 65.6 Å². The Balaban J connectivity index is 1.99. The van der Waals surface area contributed by atoms with Gasteiger partial charge in [0.2, 0.25) is 5.91 Å². The fourth-order valence-electron chi connectivity index (χ4n) is 3.78. The van der Waals surface area contributed by atoms with Crippen molar-refractivity contribution in [2.45, 2.75) is 19.3 Å². The number of aromatic carboxylic acids is 1. The van der Waals surface area contributed by atoms with E-state index in [1.165, 1.54) is 56.5 Å². The van der Waals surface area contributed by atoms with Crippen LogP contribution in [0.15, 0.2) is 89.7 Å². The van der Waals surface area contributed by atoms with E-state index in [4.69, 9.17) is 25.9 Å². The molecule has 1 amide bonds. The average molecular weight is 552 g/mol. The number of hydrogen-bond donors (Lipinski definition) is 2. The molecule has 0 unspecified atom stereocenters. The standard InChI is InChI=1S/C30H25ClN2O6/c1-18(34)23-13-10-21(31)15-24(23)25-16-28(35)33(17-27(25)39-2)26(14-19-6-4-3-5-7-19)29(36)32-22-11-8-20(9-12-22)30(37)38/h3-13,15-17,26H,14H2,1-2H3,(H,32,36)(H,37,38)/t26-/m1/s1/i3D,4D,5D,6D,7D,14D2. The first-order valence-electron chi connectivity index (χ1n) is 14.8. The summed E-state index contributed by atoms with van der Waals surface area (Å²) in [6.07, 6.45) is -2.14. The summed E-state index contributed by atoms with van der Waals surface area (Å²) >= 11 is 6.18. The van der Waals surface area contributed by atoms with Crippen LogP contribution in [0.4, 0.5) is 5.69 Å². The lowest BCUT2D eigenvalue weighted by molar-refractivity contribution is -0.119. The summed E-state index contributed by atoms with van der Waals surface area (Å²) in [5.41, 5.74) is -1.47. The molecule has 0 aliphatic carbocycles. The van der Waals surface area contributed by atoms with Crippen LogP contribution in [0.25, 0.3) is 11.1 Å². The molecule has 4 aromatic rings. The van der Waals surface area contributed by atoms with Crippen LogP contribution in [0.3, 0.4) is 0 Å². The van der Waals surface area contributed by atoms with E-state index in [9.17, 15) is 24.3 Å². The van der Waals surface area contributed by atoms with Crippen molar-refractivity contribution in [2.75, 3.05) is 12.4 Å². The molecule has 0 bridgehead atoms. The number of benzene rings is 3. The van der Waals surface area contributed by atoms with Gasteiger partial charge in [0.05, 0.1) is 25.7 Å². The average Bonchev–Trinajstić information content (AvgIpc) is 2.99. The fourth-order valence-corrected chi connectivity index (χ4v) is 3.95. The molecular weight excluding hydrogens is 520 g/mol. The van der Waals surface area contributed by atoms with Gasteiger partial charge in [-0.15, -0.1) is 0 Å². The lowest BCUT2D eigenvalue weighted by Gasteiger charge is -2.22. The number of aromatic nitrogens is 1. The highest BCUT2D eigenvalue weighted by Gasteiger charge is 2.25. The number of ether oxygens (including phenoxy) is 1. The molecule has 4 rings (SSSR count). The van der Waals surface area contributed by atoms with Gasteiger partial charge in [-0.25, -0.2) is 4.79 Å². The third kappa shape index (κ3) is 6.25. The predicted octanol–water partition coefficient (Wildman–Crippen LogP) is 5.50. The number of nitrogens with zero attached hydrogens (tertiary/aromatic N) is 1. The summed E-state index contributed by atoms with van der Waals surface area (Å²) in [5, 5.41) is 11.8. The first-order valence-corrected chi connectivity index (χ1v) is 11.7. The Kier molecular flexibility index (Phi) is 5.86. The van der Waals surface area contributed by atoms with Crippen molar-refractivity contribution in [3.05, 3.63) is 117 Å². The van der Waals surface area contributed by atoms with Gasteiger partial charge in [-0.05, 0) is 60.5 Å². The van der Waals surface area contributed by atoms with E-state index in [0.29, 0.717) is 4.57 Å². The van der Waals surface area contributed by atoms with Gasteiger partial charge in [-0.2, -0.15) is 0 Å². The predicted molar refractivity (Wildman–Crippen MR) is 149 cm³/mol. The molecule has 0 aliphatic heterocycles. The topological polar surface area (TPSA) is 115 Å². The first-order chi connectivity index (χ1) is 21.5. The highest BCUT2D eigenvalue weighted by molar-refractivity contribution is 6.31. The van der Waals surface area contributed by atoms with Gasteiger partial charge >= 0.3 is 5.97 Å². The van der Waals surface area contributed by atoms with Crippen molar-refractivity contribution in [3.63, 3.8) is 0 Å². The molecule has 0 aliphatic rings. The molecule has 0 saturated carbocycles. The Labute approximate surface area is 239 Å². The van der Waals surface area contributed by atoms with Gasteiger partial charge < -0.3 is 15.2 Å². The third-order valence-electron chi connectivity index (χ3n) is 5.62. The van der Waals surface area contributed by atoms with Crippen LogP contribution in [0, 0.1) is 0 Å². The zero-order valence-corrected chi connectivity index (χ0v) is 21.3. The maximum atomic E-state index is 13.9. The second-order valence-corrected chi connectivity index (χ2v) is 8.60. The van der Waals surface area contributed by atoms with Crippen LogP contribution < -0.4 is 15.6 Å². The van der Waals surface area contributed by atoms with Crippen LogP contribution in [-0.2, 0) is 11.2 Å². The molecule has 198 valence electrons. The minimum Gasteiger partial charge on any atom is -0.495 e. The van der Waals surface area contributed by atoms with Gasteiger partial charge in [0.1, 0.15) is 11.8 Å². The number of carbonyl (C=O) groups excluding carboxylic acids is 2. The SMILES string of the molecule is [2H]c1c([2H])c([2H])c(C([2H])([2H])[C@H](C(=O)Nc2ccc(C(=O)O)cc2)n2cc(OC)c(-c3cc(Cl)ccc3C(C)=O)cc2=O)c([2H])c1[2H]. The van der Waals surface area contributed by atoms with Gasteiger partial charge in [-0.1, -0.05) is 41.8 Å². The highest BCUT2D eigenvalue weighted by atomic mass is 35.5. The second-order valence-electron chi connectivity index (χ2n) is 8.17. The summed E-state index contributed by atoms with van der Waals surface area (Å²) in [4.78, 5) is 51.4. The van der Waals surface area contributed by atoms with Crippen molar-refractivity contribution >= 4 is 34.9 Å². The largest absolute Gasteiger partial charge is 0.495 e. The number of rotatable bonds is 9.